The van der Waals surface area contributed by atoms with Gasteiger partial charge in [0.1, 0.15) is 6.04 Å². The number of rotatable bonds is 9. The predicted octanol–water partition coefficient (Wildman–Crippen LogP) is 1.54. The fraction of sp³-hybridized carbons (Fsp3) is 0.556. The van der Waals surface area contributed by atoms with Gasteiger partial charge in [0, 0.05) is 12.5 Å². The maximum atomic E-state index is 12.7. The third kappa shape index (κ3) is 8.44. The van der Waals surface area contributed by atoms with Crippen molar-refractivity contribution in [2.45, 2.75) is 52.1 Å². The Morgan fingerprint density at radius 2 is 1.73 bits per heavy atom. The first kappa shape index (κ1) is 22.1. The largest absolute Gasteiger partial charge is 0.481 e. The summed E-state index contributed by atoms with van der Waals surface area (Å²) >= 11 is 0. The second-order valence-corrected chi connectivity index (χ2v) is 9.30. The average Bonchev–Trinajstić information content (AvgIpc) is 2.49. The lowest BCUT2D eigenvalue weighted by atomic mass is 9.86. The summed E-state index contributed by atoms with van der Waals surface area (Å²) in [6.45, 7) is 5.29. The van der Waals surface area contributed by atoms with E-state index in [2.05, 4.69) is 10.0 Å². The van der Waals surface area contributed by atoms with Crippen LogP contribution in [0.25, 0.3) is 0 Å². The van der Waals surface area contributed by atoms with Crippen molar-refractivity contribution in [3.05, 3.63) is 35.9 Å². The minimum atomic E-state index is -3.58. The molecule has 0 aromatic heterocycles. The molecule has 1 rings (SSSR count). The molecule has 2 unspecified atom stereocenters. The van der Waals surface area contributed by atoms with Gasteiger partial charge >= 0.3 is 5.97 Å². The Kier molecular flexibility index (Phi) is 7.77. The Morgan fingerprint density at radius 3 is 2.19 bits per heavy atom. The highest BCUT2D eigenvalue weighted by Crippen LogP contribution is 2.21. The van der Waals surface area contributed by atoms with Gasteiger partial charge in [-0.05, 0) is 23.8 Å². The van der Waals surface area contributed by atoms with E-state index in [1.165, 1.54) is 0 Å². The molecular weight excluding hydrogens is 356 g/mol. The van der Waals surface area contributed by atoms with E-state index in [0.717, 1.165) is 11.8 Å². The molecular formula is C18H28N2O5S. The molecule has 0 aliphatic heterocycles. The number of benzene rings is 1. The van der Waals surface area contributed by atoms with Crippen LogP contribution >= 0.6 is 0 Å². The van der Waals surface area contributed by atoms with Crippen LogP contribution in [0.2, 0.25) is 0 Å². The first-order valence-electron chi connectivity index (χ1n) is 8.42. The number of hydrogen-bond acceptors (Lipinski definition) is 4. The van der Waals surface area contributed by atoms with Crippen molar-refractivity contribution in [2.24, 2.45) is 5.41 Å². The Balaban J connectivity index is 2.94. The van der Waals surface area contributed by atoms with Gasteiger partial charge in [-0.15, -0.1) is 0 Å². The van der Waals surface area contributed by atoms with Crippen molar-refractivity contribution in [1.29, 1.82) is 0 Å². The van der Waals surface area contributed by atoms with E-state index in [9.17, 15) is 18.0 Å². The van der Waals surface area contributed by atoms with E-state index >= 15 is 0 Å². The standard InChI is InChI=1S/C18H28N2O5S/c1-18(2,3)16(20-26(4,24)25)17(23)19-14(10-11-15(21)22)12-13-8-6-5-7-9-13/h5-9,14,16,20H,10-12H2,1-4H3,(H,19,23)(H,21,22). The number of carbonyl (C=O) groups is 2. The van der Waals surface area contributed by atoms with Gasteiger partial charge < -0.3 is 10.4 Å². The lowest BCUT2D eigenvalue weighted by Gasteiger charge is -2.31. The van der Waals surface area contributed by atoms with Crippen LogP contribution in [0.4, 0.5) is 0 Å². The topological polar surface area (TPSA) is 113 Å². The summed E-state index contributed by atoms with van der Waals surface area (Å²) in [5.41, 5.74) is 0.323. The molecule has 1 aromatic rings. The number of hydrogen-bond donors (Lipinski definition) is 3. The zero-order chi connectivity index (χ0) is 20.0. The number of nitrogens with one attached hydrogen (secondary N) is 2. The minimum absolute atomic E-state index is 0.0858. The van der Waals surface area contributed by atoms with Crippen molar-refractivity contribution in [3.63, 3.8) is 0 Å². The first-order valence-corrected chi connectivity index (χ1v) is 10.3. The lowest BCUT2D eigenvalue weighted by Crippen LogP contribution is -2.55. The van der Waals surface area contributed by atoms with E-state index < -0.39 is 39.4 Å². The summed E-state index contributed by atoms with van der Waals surface area (Å²) in [6, 6.07) is 8.04. The van der Waals surface area contributed by atoms with E-state index in [1.807, 2.05) is 30.3 Å². The van der Waals surface area contributed by atoms with Gasteiger partial charge in [0.15, 0.2) is 0 Å². The highest BCUT2D eigenvalue weighted by atomic mass is 32.2. The molecule has 26 heavy (non-hydrogen) atoms. The smallest absolute Gasteiger partial charge is 0.303 e. The second kappa shape index (κ2) is 9.14. The number of carboxylic acid groups (broad SMARTS) is 1. The molecule has 0 saturated carbocycles. The van der Waals surface area contributed by atoms with Crippen molar-refractivity contribution in [2.75, 3.05) is 6.26 Å². The zero-order valence-electron chi connectivity index (χ0n) is 15.7. The quantitative estimate of drug-likeness (QED) is 0.598. The zero-order valence-corrected chi connectivity index (χ0v) is 16.5. The molecule has 0 aliphatic rings. The molecule has 1 aromatic carbocycles. The summed E-state index contributed by atoms with van der Waals surface area (Å²) in [6.07, 6.45) is 1.64. The molecule has 1 amide bonds. The van der Waals surface area contributed by atoms with Gasteiger partial charge in [0.25, 0.3) is 0 Å². The normalized spacial score (nSPS) is 14.5. The van der Waals surface area contributed by atoms with Crippen LogP contribution in [0, 0.1) is 5.41 Å². The lowest BCUT2D eigenvalue weighted by molar-refractivity contribution is -0.137. The number of carboxylic acids is 1. The molecule has 0 bridgehead atoms. The van der Waals surface area contributed by atoms with Gasteiger partial charge in [-0.25, -0.2) is 13.1 Å². The van der Waals surface area contributed by atoms with Crippen LogP contribution in [-0.2, 0) is 26.0 Å². The van der Waals surface area contributed by atoms with Gasteiger partial charge in [-0.1, -0.05) is 51.1 Å². The number of carbonyl (C=O) groups excluding carboxylic acids is 1. The van der Waals surface area contributed by atoms with E-state index in [4.69, 9.17) is 5.11 Å². The van der Waals surface area contributed by atoms with E-state index in [-0.39, 0.29) is 12.8 Å². The molecule has 0 aliphatic carbocycles. The van der Waals surface area contributed by atoms with Crippen LogP contribution < -0.4 is 10.0 Å². The average molecular weight is 384 g/mol. The second-order valence-electron chi connectivity index (χ2n) is 7.52. The molecule has 7 nitrogen and oxygen atoms in total. The highest BCUT2D eigenvalue weighted by molar-refractivity contribution is 7.88. The van der Waals surface area contributed by atoms with Gasteiger partial charge in [0.05, 0.1) is 6.26 Å². The summed E-state index contributed by atoms with van der Waals surface area (Å²) in [5.74, 6) is -1.41. The summed E-state index contributed by atoms with van der Waals surface area (Å²) in [5, 5.41) is 11.8. The van der Waals surface area contributed by atoms with E-state index in [1.54, 1.807) is 20.8 Å². The van der Waals surface area contributed by atoms with Crippen LogP contribution in [0.1, 0.15) is 39.2 Å². The van der Waals surface area contributed by atoms with Crippen molar-refractivity contribution >= 4 is 21.9 Å². The third-order valence-corrected chi connectivity index (χ3v) is 4.50. The van der Waals surface area contributed by atoms with Crippen LogP contribution in [0.5, 0.6) is 0 Å². The molecule has 146 valence electrons. The molecule has 3 N–H and O–H groups in total. The minimum Gasteiger partial charge on any atom is -0.481 e. The SMILES string of the molecule is CC(C)(C)C(NS(C)(=O)=O)C(=O)NC(CCC(=O)O)Cc1ccccc1. The Labute approximate surface area is 155 Å². The first-order chi connectivity index (χ1) is 11.9. The fourth-order valence-electron chi connectivity index (χ4n) is 2.54. The van der Waals surface area contributed by atoms with Crippen LogP contribution in [0.3, 0.4) is 0 Å². The Bertz CT molecular complexity index is 711. The van der Waals surface area contributed by atoms with Gasteiger partial charge in [0.2, 0.25) is 15.9 Å². The predicted molar refractivity (Wildman–Crippen MR) is 100 cm³/mol. The number of sulfonamides is 1. The van der Waals surface area contributed by atoms with Crippen LogP contribution in [0.15, 0.2) is 30.3 Å². The summed E-state index contributed by atoms with van der Waals surface area (Å²) in [7, 11) is -3.58. The summed E-state index contributed by atoms with van der Waals surface area (Å²) in [4.78, 5) is 23.6. The molecule has 0 spiro atoms. The number of aliphatic carboxylic acids is 1. The highest BCUT2D eigenvalue weighted by Gasteiger charge is 2.34. The van der Waals surface area contributed by atoms with Crippen molar-refractivity contribution < 1.29 is 23.1 Å². The fourth-order valence-corrected chi connectivity index (χ4v) is 3.43. The molecule has 0 fully saturated rings. The van der Waals surface area contributed by atoms with Crippen molar-refractivity contribution in [3.8, 4) is 0 Å². The van der Waals surface area contributed by atoms with Crippen LogP contribution in [-0.4, -0.2) is 43.7 Å². The molecule has 0 saturated heterocycles. The maximum Gasteiger partial charge on any atom is 0.303 e. The van der Waals surface area contributed by atoms with Gasteiger partial charge in [-0.2, -0.15) is 0 Å². The van der Waals surface area contributed by atoms with E-state index in [0.29, 0.717) is 6.42 Å². The van der Waals surface area contributed by atoms with Crippen molar-refractivity contribution in [1.82, 2.24) is 10.0 Å². The monoisotopic (exact) mass is 384 g/mol. The third-order valence-electron chi connectivity index (χ3n) is 3.84. The molecule has 0 heterocycles. The Morgan fingerprint density at radius 1 is 1.15 bits per heavy atom. The maximum absolute atomic E-state index is 12.7. The molecule has 0 radical (unpaired) electrons. The summed E-state index contributed by atoms with van der Waals surface area (Å²) < 4.78 is 25.6. The molecule has 8 heteroatoms. The Hall–Kier alpha value is -1.93. The number of amides is 1. The van der Waals surface area contributed by atoms with Gasteiger partial charge in [-0.3, -0.25) is 9.59 Å². The molecule has 2 atom stereocenters.